The van der Waals surface area contributed by atoms with Gasteiger partial charge in [-0.3, -0.25) is 4.79 Å². The van der Waals surface area contributed by atoms with Gasteiger partial charge in [0.25, 0.3) is 0 Å². The number of hydrogen-bond acceptors (Lipinski definition) is 3. The fourth-order valence-electron chi connectivity index (χ4n) is 3.67. The predicted molar refractivity (Wildman–Crippen MR) is 102 cm³/mol. The van der Waals surface area contributed by atoms with Crippen molar-refractivity contribution in [3.63, 3.8) is 0 Å². The maximum Gasteiger partial charge on any atom is 0.225 e. The molecule has 4 rings (SSSR count). The number of carbonyl (C=O) groups is 1. The molecule has 2 aromatic rings. The van der Waals surface area contributed by atoms with E-state index in [0.717, 1.165) is 23.3 Å². The number of aromatic nitrogens is 3. The number of rotatable bonds is 6. The highest BCUT2D eigenvalue weighted by atomic mass is 16.1. The fourth-order valence-corrected chi connectivity index (χ4v) is 3.67. The summed E-state index contributed by atoms with van der Waals surface area (Å²) in [5, 5.41) is 7.84. The summed E-state index contributed by atoms with van der Waals surface area (Å²) in [7, 11) is 0. The molecule has 2 aromatic heterocycles. The first-order chi connectivity index (χ1) is 12.4. The van der Waals surface area contributed by atoms with Crippen molar-refractivity contribution in [2.75, 3.05) is 5.32 Å². The molecule has 2 heterocycles. The lowest BCUT2D eigenvalue weighted by atomic mass is 9.92. The maximum absolute atomic E-state index is 12.8. The van der Waals surface area contributed by atoms with Crippen LogP contribution in [0, 0.1) is 17.8 Å². The fraction of sp³-hybridized carbons (Fsp3) is 0.571. The molecule has 0 aliphatic heterocycles. The zero-order chi connectivity index (χ0) is 18.3. The van der Waals surface area contributed by atoms with Gasteiger partial charge in [-0.05, 0) is 55.6 Å². The van der Waals surface area contributed by atoms with Crippen LogP contribution in [-0.2, 0) is 10.2 Å². The number of anilines is 1. The third-order valence-corrected chi connectivity index (χ3v) is 5.49. The van der Waals surface area contributed by atoms with E-state index in [0.29, 0.717) is 18.2 Å². The van der Waals surface area contributed by atoms with Crippen LogP contribution in [0.25, 0.3) is 5.82 Å². The number of carbonyl (C=O) groups excluding carboxylic acids is 1. The molecule has 0 atom stereocenters. The summed E-state index contributed by atoms with van der Waals surface area (Å²) in [5.74, 6) is 3.66. The molecule has 1 N–H and O–H groups in total. The standard InChI is InChI=1S/C21H28N4O/c1-21(2,3)17-13-19(25(24-17)18-6-4-5-11-22-18)23-20(26)12-16(14-7-8-14)15-9-10-15/h4-6,11,13-16H,7-10,12H2,1-3H3,(H,23,26). The normalized spacial score (nSPS) is 17.5. The Morgan fingerprint density at radius 2 is 1.92 bits per heavy atom. The lowest BCUT2D eigenvalue weighted by Gasteiger charge is -2.15. The van der Waals surface area contributed by atoms with E-state index < -0.39 is 0 Å². The molecule has 0 aromatic carbocycles. The first-order valence-corrected chi connectivity index (χ1v) is 9.73. The predicted octanol–water partition coefficient (Wildman–Crippen LogP) is 4.33. The summed E-state index contributed by atoms with van der Waals surface area (Å²) in [6.07, 6.45) is 7.58. The Bertz CT molecular complexity index is 770. The van der Waals surface area contributed by atoms with Crippen molar-refractivity contribution in [1.29, 1.82) is 0 Å². The van der Waals surface area contributed by atoms with Crippen molar-refractivity contribution in [3.05, 3.63) is 36.2 Å². The van der Waals surface area contributed by atoms with Crippen LogP contribution in [0.5, 0.6) is 0 Å². The van der Waals surface area contributed by atoms with Gasteiger partial charge in [-0.2, -0.15) is 9.78 Å². The molecule has 2 aliphatic rings. The highest BCUT2D eigenvalue weighted by Crippen LogP contribution is 2.50. The molecular weight excluding hydrogens is 324 g/mol. The van der Waals surface area contributed by atoms with Gasteiger partial charge in [-0.25, -0.2) is 4.98 Å². The molecule has 0 spiro atoms. The van der Waals surface area contributed by atoms with Gasteiger partial charge >= 0.3 is 0 Å². The topological polar surface area (TPSA) is 59.8 Å². The minimum absolute atomic E-state index is 0.0932. The Balaban J connectivity index is 1.56. The van der Waals surface area contributed by atoms with E-state index in [1.807, 2.05) is 24.3 Å². The van der Waals surface area contributed by atoms with E-state index in [1.165, 1.54) is 25.7 Å². The van der Waals surface area contributed by atoms with E-state index in [-0.39, 0.29) is 11.3 Å². The molecule has 138 valence electrons. The van der Waals surface area contributed by atoms with Crippen molar-refractivity contribution in [2.45, 2.75) is 58.3 Å². The largest absolute Gasteiger partial charge is 0.311 e. The van der Waals surface area contributed by atoms with Crippen molar-refractivity contribution in [3.8, 4) is 5.82 Å². The summed E-state index contributed by atoms with van der Waals surface area (Å²) >= 11 is 0. The summed E-state index contributed by atoms with van der Waals surface area (Å²) in [6, 6.07) is 7.70. The highest BCUT2D eigenvalue weighted by Gasteiger charge is 2.42. The summed E-state index contributed by atoms with van der Waals surface area (Å²) in [6.45, 7) is 6.37. The monoisotopic (exact) mass is 352 g/mol. The molecule has 1 amide bonds. The summed E-state index contributed by atoms with van der Waals surface area (Å²) < 4.78 is 1.75. The van der Waals surface area contributed by atoms with Gasteiger partial charge in [-0.15, -0.1) is 0 Å². The molecule has 26 heavy (non-hydrogen) atoms. The second-order valence-electron chi connectivity index (χ2n) is 8.86. The van der Waals surface area contributed by atoms with Crippen LogP contribution in [0.1, 0.15) is 58.6 Å². The van der Waals surface area contributed by atoms with Crippen molar-refractivity contribution in [2.24, 2.45) is 17.8 Å². The zero-order valence-corrected chi connectivity index (χ0v) is 15.9. The van der Waals surface area contributed by atoms with E-state index in [1.54, 1.807) is 10.9 Å². The van der Waals surface area contributed by atoms with Crippen molar-refractivity contribution in [1.82, 2.24) is 14.8 Å². The number of amides is 1. The van der Waals surface area contributed by atoms with Crippen LogP contribution >= 0.6 is 0 Å². The van der Waals surface area contributed by atoms with Crippen molar-refractivity contribution < 1.29 is 4.79 Å². The molecule has 5 heteroatoms. The smallest absolute Gasteiger partial charge is 0.225 e. The van der Waals surface area contributed by atoms with E-state index in [9.17, 15) is 4.79 Å². The Labute approximate surface area is 155 Å². The second kappa shape index (κ2) is 6.53. The van der Waals surface area contributed by atoms with Crippen LogP contribution in [-0.4, -0.2) is 20.7 Å². The summed E-state index contributed by atoms with van der Waals surface area (Å²) in [5.41, 5.74) is 0.851. The molecule has 2 fully saturated rings. The number of pyridine rings is 1. The quantitative estimate of drug-likeness (QED) is 0.842. The maximum atomic E-state index is 12.8. The molecular formula is C21H28N4O. The van der Waals surface area contributed by atoms with E-state index in [4.69, 9.17) is 5.10 Å². The zero-order valence-electron chi connectivity index (χ0n) is 15.9. The number of nitrogens with one attached hydrogen (secondary N) is 1. The Morgan fingerprint density at radius 1 is 1.23 bits per heavy atom. The molecule has 0 unspecified atom stereocenters. The third-order valence-electron chi connectivity index (χ3n) is 5.49. The molecule has 2 aliphatic carbocycles. The molecule has 2 saturated carbocycles. The SMILES string of the molecule is CC(C)(C)c1cc(NC(=O)CC(C2CC2)C2CC2)n(-c2ccccn2)n1. The van der Waals surface area contributed by atoms with Gasteiger partial charge < -0.3 is 5.32 Å². The summed E-state index contributed by atoms with van der Waals surface area (Å²) in [4.78, 5) is 17.2. The van der Waals surface area contributed by atoms with Gasteiger partial charge in [0, 0.05) is 24.1 Å². The van der Waals surface area contributed by atoms with Gasteiger partial charge in [-0.1, -0.05) is 26.8 Å². The van der Waals surface area contributed by atoms with Gasteiger partial charge in [0.2, 0.25) is 5.91 Å². The minimum atomic E-state index is -0.0932. The lowest BCUT2D eigenvalue weighted by molar-refractivity contribution is -0.117. The van der Waals surface area contributed by atoms with Crippen LogP contribution < -0.4 is 5.32 Å². The molecule has 0 radical (unpaired) electrons. The highest BCUT2D eigenvalue weighted by molar-refractivity contribution is 5.90. The Hall–Kier alpha value is -2.17. The third kappa shape index (κ3) is 3.81. The average molecular weight is 352 g/mol. The molecule has 0 bridgehead atoms. The van der Waals surface area contributed by atoms with E-state index in [2.05, 4.69) is 31.1 Å². The van der Waals surface area contributed by atoms with Gasteiger partial charge in [0.15, 0.2) is 5.82 Å². The first kappa shape index (κ1) is 17.3. The average Bonchev–Trinajstić information content (AvgIpc) is 3.51. The Morgan fingerprint density at radius 3 is 2.46 bits per heavy atom. The Kier molecular flexibility index (Phi) is 4.33. The van der Waals surface area contributed by atoms with Crippen LogP contribution in [0.2, 0.25) is 0 Å². The lowest BCUT2D eigenvalue weighted by Crippen LogP contribution is -2.20. The molecule has 0 saturated heterocycles. The number of nitrogens with zero attached hydrogens (tertiary/aromatic N) is 3. The minimum Gasteiger partial charge on any atom is -0.311 e. The van der Waals surface area contributed by atoms with Crippen LogP contribution in [0.4, 0.5) is 5.82 Å². The van der Waals surface area contributed by atoms with Crippen LogP contribution in [0.3, 0.4) is 0 Å². The van der Waals surface area contributed by atoms with Crippen molar-refractivity contribution >= 4 is 11.7 Å². The second-order valence-corrected chi connectivity index (χ2v) is 8.86. The van der Waals surface area contributed by atoms with Gasteiger partial charge in [0.1, 0.15) is 5.82 Å². The number of hydrogen-bond donors (Lipinski definition) is 1. The van der Waals surface area contributed by atoms with Crippen LogP contribution in [0.15, 0.2) is 30.5 Å². The molecule has 5 nitrogen and oxygen atoms in total. The first-order valence-electron chi connectivity index (χ1n) is 9.73. The van der Waals surface area contributed by atoms with E-state index >= 15 is 0 Å². The van der Waals surface area contributed by atoms with Gasteiger partial charge in [0.05, 0.1) is 5.69 Å².